The molecule has 0 saturated carbocycles. The number of hydrogen-bond donors (Lipinski definition) is 3. The molecule has 0 atom stereocenters. The molecule has 32 heavy (non-hydrogen) atoms. The van der Waals surface area contributed by atoms with Crippen LogP contribution in [0.25, 0.3) is 11.3 Å². The summed E-state index contributed by atoms with van der Waals surface area (Å²) in [6.07, 6.45) is 5.31. The molecule has 1 fully saturated rings. The highest BCUT2D eigenvalue weighted by atomic mass is 35.5. The van der Waals surface area contributed by atoms with Crippen LogP contribution in [0.15, 0.2) is 55.0 Å². The van der Waals surface area contributed by atoms with Gasteiger partial charge in [-0.2, -0.15) is 0 Å². The number of benzene rings is 1. The Morgan fingerprint density at radius 2 is 1.84 bits per heavy atom. The lowest BCUT2D eigenvalue weighted by atomic mass is 10.0. The van der Waals surface area contributed by atoms with Gasteiger partial charge in [0.05, 0.1) is 16.9 Å². The Balaban J connectivity index is 1.35. The van der Waals surface area contributed by atoms with E-state index in [4.69, 9.17) is 16.7 Å². The molecule has 1 aliphatic heterocycles. The molecule has 9 nitrogen and oxygen atoms in total. The zero-order valence-electron chi connectivity index (χ0n) is 17.0. The van der Waals surface area contributed by atoms with Crippen molar-refractivity contribution < 1.29 is 14.7 Å². The normalized spacial score (nSPS) is 14.1. The number of pyridine rings is 1. The Kier molecular flexibility index (Phi) is 6.46. The summed E-state index contributed by atoms with van der Waals surface area (Å²) in [6, 6.07) is 10.2. The zero-order valence-corrected chi connectivity index (χ0v) is 17.8. The van der Waals surface area contributed by atoms with Gasteiger partial charge in [-0.3, -0.25) is 15.1 Å². The first-order chi connectivity index (χ1) is 15.5. The number of nitrogens with zero attached hydrogens (tertiary/aromatic N) is 4. The zero-order chi connectivity index (χ0) is 22.5. The van der Waals surface area contributed by atoms with Crippen LogP contribution in [-0.2, 0) is 0 Å². The van der Waals surface area contributed by atoms with Crippen molar-refractivity contribution in [3.8, 4) is 11.3 Å². The second kappa shape index (κ2) is 9.61. The van der Waals surface area contributed by atoms with Gasteiger partial charge in [0.25, 0.3) is 5.91 Å². The van der Waals surface area contributed by atoms with E-state index in [-0.39, 0.29) is 11.9 Å². The van der Waals surface area contributed by atoms with Gasteiger partial charge in [0.15, 0.2) is 0 Å². The maximum atomic E-state index is 12.8. The summed E-state index contributed by atoms with van der Waals surface area (Å²) < 4.78 is 0. The van der Waals surface area contributed by atoms with Gasteiger partial charge in [-0.1, -0.05) is 11.6 Å². The van der Waals surface area contributed by atoms with Crippen LogP contribution in [-0.4, -0.2) is 56.1 Å². The minimum absolute atomic E-state index is 0.0769. The second-order valence-corrected chi connectivity index (χ2v) is 7.76. The van der Waals surface area contributed by atoms with E-state index in [9.17, 15) is 9.59 Å². The standard InChI is InChI=1S/C22H21ClN6O3/c23-18-13-25-21(28-19(18)15-2-1-9-24-12-15)26-17-7-10-29(11-8-17)20(30)14-3-5-16(6-4-14)27-22(31)32/h1-6,9,12-13,17,27H,7-8,10-11H2,(H,31,32)(H,25,26,28). The van der Waals surface area contributed by atoms with Crippen LogP contribution in [0.5, 0.6) is 0 Å². The van der Waals surface area contributed by atoms with E-state index in [1.54, 1.807) is 47.8 Å². The Bertz CT molecular complexity index is 1100. The molecule has 0 spiro atoms. The smallest absolute Gasteiger partial charge is 0.409 e. The number of amides is 2. The van der Waals surface area contributed by atoms with Crippen LogP contribution in [0.4, 0.5) is 16.4 Å². The van der Waals surface area contributed by atoms with Gasteiger partial charge in [-0.05, 0) is 49.2 Å². The molecule has 0 aliphatic carbocycles. The number of halogens is 1. The SMILES string of the molecule is O=C(O)Nc1ccc(C(=O)N2CCC(Nc3ncc(Cl)c(-c4cccnc4)n3)CC2)cc1. The minimum Gasteiger partial charge on any atom is -0.465 e. The van der Waals surface area contributed by atoms with Gasteiger partial charge in [-0.15, -0.1) is 0 Å². The second-order valence-electron chi connectivity index (χ2n) is 7.35. The number of piperidine rings is 1. The maximum absolute atomic E-state index is 12.8. The summed E-state index contributed by atoms with van der Waals surface area (Å²) >= 11 is 6.26. The summed E-state index contributed by atoms with van der Waals surface area (Å²) in [4.78, 5) is 38.2. The van der Waals surface area contributed by atoms with Crippen molar-refractivity contribution in [1.82, 2.24) is 19.9 Å². The predicted octanol–water partition coefficient (Wildman–Crippen LogP) is 4.00. The average molecular weight is 453 g/mol. The number of aromatic nitrogens is 3. The first-order valence-electron chi connectivity index (χ1n) is 10.1. The van der Waals surface area contributed by atoms with Crippen molar-refractivity contribution in [2.45, 2.75) is 18.9 Å². The highest BCUT2D eigenvalue weighted by Crippen LogP contribution is 2.26. The molecule has 0 unspecified atom stereocenters. The van der Waals surface area contributed by atoms with Crippen molar-refractivity contribution in [3.05, 3.63) is 65.6 Å². The van der Waals surface area contributed by atoms with Crippen molar-refractivity contribution >= 4 is 35.2 Å². The number of nitrogens with one attached hydrogen (secondary N) is 2. The number of likely N-dealkylation sites (tertiary alicyclic amines) is 1. The fourth-order valence-electron chi connectivity index (χ4n) is 3.55. The predicted molar refractivity (Wildman–Crippen MR) is 121 cm³/mol. The van der Waals surface area contributed by atoms with Crippen LogP contribution in [0.2, 0.25) is 5.02 Å². The molecule has 1 aromatic carbocycles. The fourth-order valence-corrected chi connectivity index (χ4v) is 3.75. The van der Waals surface area contributed by atoms with E-state index in [1.807, 2.05) is 12.1 Å². The molecular formula is C22H21ClN6O3. The van der Waals surface area contributed by atoms with Gasteiger partial charge in [0, 0.05) is 48.3 Å². The molecule has 1 aliphatic rings. The lowest BCUT2D eigenvalue weighted by Gasteiger charge is -2.32. The van der Waals surface area contributed by atoms with Gasteiger partial charge in [0.2, 0.25) is 5.95 Å². The highest BCUT2D eigenvalue weighted by Gasteiger charge is 2.24. The Morgan fingerprint density at radius 3 is 2.50 bits per heavy atom. The Morgan fingerprint density at radius 1 is 1.09 bits per heavy atom. The first kappa shape index (κ1) is 21.5. The molecule has 0 bridgehead atoms. The molecular weight excluding hydrogens is 432 g/mol. The summed E-state index contributed by atoms with van der Waals surface area (Å²) in [7, 11) is 0. The molecule has 2 aromatic heterocycles. The number of carbonyl (C=O) groups is 2. The molecule has 2 amide bonds. The molecule has 0 radical (unpaired) electrons. The number of carboxylic acid groups (broad SMARTS) is 1. The van der Waals surface area contributed by atoms with Crippen LogP contribution >= 0.6 is 11.6 Å². The summed E-state index contributed by atoms with van der Waals surface area (Å²) in [5, 5.41) is 14.8. The monoisotopic (exact) mass is 452 g/mol. The number of rotatable bonds is 5. The molecule has 10 heteroatoms. The molecule has 3 N–H and O–H groups in total. The molecule has 1 saturated heterocycles. The Hall–Kier alpha value is -3.72. The quantitative estimate of drug-likeness (QED) is 0.535. The van der Waals surface area contributed by atoms with Crippen molar-refractivity contribution in [2.75, 3.05) is 23.7 Å². The van der Waals surface area contributed by atoms with Crippen molar-refractivity contribution in [1.29, 1.82) is 0 Å². The number of hydrogen-bond acceptors (Lipinski definition) is 6. The average Bonchev–Trinajstić information content (AvgIpc) is 2.81. The molecule has 3 aromatic rings. The molecule has 164 valence electrons. The Labute approximate surface area is 189 Å². The third-order valence-electron chi connectivity index (χ3n) is 5.18. The molecule has 4 rings (SSSR count). The summed E-state index contributed by atoms with van der Waals surface area (Å²) in [6.45, 7) is 1.18. The number of anilines is 2. The van der Waals surface area contributed by atoms with Crippen molar-refractivity contribution in [3.63, 3.8) is 0 Å². The van der Waals surface area contributed by atoms with Crippen LogP contribution in [0.3, 0.4) is 0 Å². The van der Waals surface area contributed by atoms with Gasteiger partial charge >= 0.3 is 6.09 Å². The van der Waals surface area contributed by atoms with E-state index in [2.05, 4.69) is 25.6 Å². The van der Waals surface area contributed by atoms with Crippen LogP contribution < -0.4 is 10.6 Å². The lowest BCUT2D eigenvalue weighted by Crippen LogP contribution is -2.42. The largest absolute Gasteiger partial charge is 0.465 e. The topological polar surface area (TPSA) is 120 Å². The van der Waals surface area contributed by atoms with E-state index >= 15 is 0 Å². The number of carbonyl (C=O) groups excluding carboxylic acids is 1. The first-order valence-corrected chi connectivity index (χ1v) is 10.5. The summed E-state index contributed by atoms with van der Waals surface area (Å²) in [5.74, 6) is 0.409. The van der Waals surface area contributed by atoms with Gasteiger partial charge < -0.3 is 15.3 Å². The van der Waals surface area contributed by atoms with E-state index in [0.717, 1.165) is 18.4 Å². The van der Waals surface area contributed by atoms with Gasteiger partial charge in [0.1, 0.15) is 0 Å². The fraction of sp³-hybridized carbons (Fsp3) is 0.227. The minimum atomic E-state index is -1.14. The van der Waals surface area contributed by atoms with Crippen molar-refractivity contribution in [2.24, 2.45) is 0 Å². The summed E-state index contributed by atoms with van der Waals surface area (Å²) in [5.41, 5.74) is 2.37. The lowest BCUT2D eigenvalue weighted by molar-refractivity contribution is 0.0718. The van der Waals surface area contributed by atoms with Gasteiger partial charge in [-0.25, -0.2) is 14.8 Å². The van der Waals surface area contributed by atoms with E-state index in [0.29, 0.717) is 41.0 Å². The maximum Gasteiger partial charge on any atom is 0.409 e. The molecule has 3 heterocycles. The van der Waals surface area contributed by atoms with E-state index in [1.165, 1.54) is 0 Å². The van der Waals surface area contributed by atoms with Crippen LogP contribution in [0, 0.1) is 0 Å². The van der Waals surface area contributed by atoms with Crippen LogP contribution in [0.1, 0.15) is 23.2 Å². The highest BCUT2D eigenvalue weighted by molar-refractivity contribution is 6.32. The third kappa shape index (κ3) is 5.12. The van der Waals surface area contributed by atoms with E-state index < -0.39 is 6.09 Å². The third-order valence-corrected chi connectivity index (χ3v) is 5.45.